The van der Waals surface area contributed by atoms with Crippen LogP contribution in [0.2, 0.25) is 0 Å². The van der Waals surface area contributed by atoms with Gasteiger partial charge in [0.15, 0.2) is 9.84 Å². The first-order valence-electron chi connectivity index (χ1n) is 6.23. The second-order valence-corrected chi connectivity index (χ2v) is 8.93. The molecular formula is C15H14O3S2. The summed E-state index contributed by atoms with van der Waals surface area (Å²) in [5.74, 6) is 2.02. The molecule has 3 nitrogen and oxygen atoms in total. The largest absolute Gasteiger partial charge is 0.457 e. The molecule has 0 amide bonds. The van der Waals surface area contributed by atoms with E-state index in [0.29, 0.717) is 16.4 Å². The third kappa shape index (κ3) is 2.43. The number of hydrogen-bond acceptors (Lipinski definition) is 4. The molecule has 3 rings (SSSR count). The summed E-state index contributed by atoms with van der Waals surface area (Å²) in [7, 11) is -3.25. The average Bonchev–Trinajstić information content (AvgIpc) is 3.20. The number of benzene rings is 2. The van der Waals surface area contributed by atoms with Crippen LogP contribution in [0.15, 0.2) is 59.5 Å². The van der Waals surface area contributed by atoms with Crippen LogP contribution in [0.3, 0.4) is 0 Å². The quantitative estimate of drug-likeness (QED) is 0.808. The highest BCUT2D eigenvalue weighted by molar-refractivity contribution is 8.21. The third-order valence-electron chi connectivity index (χ3n) is 3.23. The number of para-hydroxylation sites is 1. The maximum Gasteiger partial charge on any atom is 0.193 e. The predicted molar refractivity (Wildman–Crippen MR) is 81.0 cm³/mol. The van der Waals surface area contributed by atoms with Crippen LogP contribution in [-0.2, 0) is 9.84 Å². The molecule has 1 unspecified atom stereocenters. The van der Waals surface area contributed by atoms with Crippen LogP contribution in [0.1, 0.15) is 6.92 Å². The molecule has 2 aromatic rings. The molecule has 0 aromatic heterocycles. The normalized spacial score (nSPS) is 21.4. The van der Waals surface area contributed by atoms with Gasteiger partial charge in [-0.25, -0.2) is 8.42 Å². The van der Waals surface area contributed by atoms with Crippen LogP contribution in [0.25, 0.3) is 0 Å². The molecular weight excluding hydrogens is 292 g/mol. The molecule has 2 aromatic carbocycles. The van der Waals surface area contributed by atoms with Crippen molar-refractivity contribution >= 4 is 21.6 Å². The van der Waals surface area contributed by atoms with Gasteiger partial charge in [-0.05, 0) is 43.3 Å². The summed E-state index contributed by atoms with van der Waals surface area (Å²) >= 11 is 1.46. The third-order valence-corrected chi connectivity index (χ3v) is 7.73. The Morgan fingerprint density at radius 1 is 1.00 bits per heavy atom. The number of hydrogen-bond donors (Lipinski definition) is 0. The van der Waals surface area contributed by atoms with Gasteiger partial charge in [0.1, 0.15) is 15.6 Å². The molecule has 1 atom stereocenters. The van der Waals surface area contributed by atoms with E-state index in [1.165, 1.54) is 11.8 Å². The number of sulfone groups is 1. The van der Waals surface area contributed by atoms with E-state index in [4.69, 9.17) is 4.74 Å². The van der Waals surface area contributed by atoms with Crippen LogP contribution in [0.5, 0.6) is 11.5 Å². The van der Waals surface area contributed by atoms with Gasteiger partial charge in [0.2, 0.25) is 0 Å². The van der Waals surface area contributed by atoms with Crippen LogP contribution in [0.4, 0.5) is 0 Å². The lowest BCUT2D eigenvalue weighted by Crippen LogP contribution is -2.19. The van der Waals surface area contributed by atoms with Crippen molar-refractivity contribution in [3.8, 4) is 11.5 Å². The minimum absolute atomic E-state index is 0.352. The van der Waals surface area contributed by atoms with Crippen molar-refractivity contribution < 1.29 is 13.2 Å². The Morgan fingerprint density at radius 3 is 2.10 bits per heavy atom. The smallest absolute Gasteiger partial charge is 0.193 e. The molecule has 104 valence electrons. The molecule has 0 radical (unpaired) electrons. The van der Waals surface area contributed by atoms with Crippen LogP contribution < -0.4 is 4.74 Å². The van der Waals surface area contributed by atoms with Gasteiger partial charge in [-0.2, -0.15) is 0 Å². The van der Waals surface area contributed by atoms with E-state index in [2.05, 4.69) is 0 Å². The lowest BCUT2D eigenvalue weighted by Gasteiger charge is -2.10. The van der Waals surface area contributed by atoms with Crippen molar-refractivity contribution in [3.05, 3.63) is 54.6 Å². The van der Waals surface area contributed by atoms with Gasteiger partial charge in [-0.1, -0.05) is 18.2 Å². The Labute approximate surface area is 122 Å². The molecule has 0 bridgehead atoms. The summed E-state index contributed by atoms with van der Waals surface area (Å²) < 4.78 is 29.7. The molecule has 1 heterocycles. The topological polar surface area (TPSA) is 43.4 Å². The standard InChI is InChI=1S/C15H14O3S2/c1-15(11-19-15)20(16,17)14-9-7-13(8-10-14)18-12-5-3-2-4-6-12/h2-10H,11H2,1H3. The maximum atomic E-state index is 12.3. The summed E-state index contributed by atoms with van der Waals surface area (Å²) in [5.41, 5.74) is 0. The second-order valence-electron chi connectivity index (χ2n) is 4.81. The van der Waals surface area contributed by atoms with Crippen molar-refractivity contribution in [2.75, 3.05) is 5.75 Å². The minimum atomic E-state index is -3.25. The summed E-state index contributed by atoms with van der Waals surface area (Å²) in [5, 5.41) is 0. The number of ether oxygens (including phenoxy) is 1. The van der Waals surface area contributed by atoms with E-state index >= 15 is 0 Å². The highest BCUT2D eigenvalue weighted by Crippen LogP contribution is 2.51. The predicted octanol–water partition coefficient (Wildman–Crippen LogP) is 3.72. The van der Waals surface area contributed by atoms with Crippen molar-refractivity contribution in [2.45, 2.75) is 15.9 Å². The lowest BCUT2D eigenvalue weighted by molar-refractivity contribution is 0.482. The van der Waals surface area contributed by atoms with E-state index in [-0.39, 0.29) is 0 Å². The molecule has 5 heteroatoms. The van der Waals surface area contributed by atoms with Crippen LogP contribution in [0, 0.1) is 0 Å². The van der Waals surface area contributed by atoms with E-state index in [1.54, 1.807) is 31.2 Å². The van der Waals surface area contributed by atoms with E-state index in [1.807, 2.05) is 30.3 Å². The number of rotatable bonds is 4. The van der Waals surface area contributed by atoms with Crippen molar-refractivity contribution in [1.82, 2.24) is 0 Å². The van der Waals surface area contributed by atoms with E-state index in [9.17, 15) is 8.42 Å². The first-order valence-corrected chi connectivity index (χ1v) is 8.70. The molecule has 0 N–H and O–H groups in total. The van der Waals surface area contributed by atoms with Gasteiger partial charge in [0.05, 0.1) is 4.90 Å². The highest BCUT2D eigenvalue weighted by atomic mass is 32.3. The lowest BCUT2D eigenvalue weighted by atomic mass is 10.3. The van der Waals surface area contributed by atoms with Gasteiger partial charge in [-0.3, -0.25) is 0 Å². The zero-order valence-corrected chi connectivity index (χ0v) is 12.6. The van der Waals surface area contributed by atoms with E-state index < -0.39 is 13.9 Å². The first kappa shape index (κ1) is 13.5. The molecule has 1 aliphatic heterocycles. The fourth-order valence-electron chi connectivity index (χ4n) is 1.82. The molecule has 1 aliphatic rings. The van der Waals surface area contributed by atoms with Gasteiger partial charge in [0, 0.05) is 5.75 Å². The Balaban J connectivity index is 1.82. The first-order chi connectivity index (χ1) is 9.51. The fraction of sp³-hybridized carbons (Fsp3) is 0.200. The van der Waals surface area contributed by atoms with Gasteiger partial charge >= 0.3 is 0 Å². The van der Waals surface area contributed by atoms with Gasteiger partial charge < -0.3 is 4.74 Å². The Bertz CT molecular complexity index is 703. The second kappa shape index (κ2) is 4.82. The molecule has 20 heavy (non-hydrogen) atoms. The molecule has 0 saturated carbocycles. The minimum Gasteiger partial charge on any atom is -0.457 e. The number of thioether (sulfide) groups is 1. The maximum absolute atomic E-state index is 12.3. The van der Waals surface area contributed by atoms with Gasteiger partial charge in [0.25, 0.3) is 0 Å². The summed E-state index contributed by atoms with van der Waals surface area (Å²) in [6.45, 7) is 1.77. The van der Waals surface area contributed by atoms with Crippen molar-refractivity contribution in [2.24, 2.45) is 0 Å². The monoisotopic (exact) mass is 306 g/mol. The Morgan fingerprint density at radius 2 is 1.55 bits per heavy atom. The fourth-order valence-corrected chi connectivity index (χ4v) is 4.72. The zero-order chi connectivity index (χ0) is 14.2. The average molecular weight is 306 g/mol. The Kier molecular flexibility index (Phi) is 3.26. The summed E-state index contributed by atoms with van der Waals surface area (Å²) in [4.78, 5) is 0.352. The van der Waals surface area contributed by atoms with Crippen molar-refractivity contribution in [1.29, 1.82) is 0 Å². The molecule has 1 saturated heterocycles. The van der Waals surface area contributed by atoms with Crippen LogP contribution >= 0.6 is 11.8 Å². The van der Waals surface area contributed by atoms with E-state index in [0.717, 1.165) is 5.75 Å². The van der Waals surface area contributed by atoms with Gasteiger partial charge in [-0.15, -0.1) is 11.8 Å². The highest BCUT2D eigenvalue weighted by Gasteiger charge is 2.52. The Hall–Kier alpha value is -1.46. The summed E-state index contributed by atoms with van der Waals surface area (Å²) in [6.07, 6.45) is 0. The SMILES string of the molecule is CC1(S(=O)(=O)c2ccc(Oc3ccccc3)cc2)CS1. The summed E-state index contributed by atoms with van der Waals surface area (Å²) in [6, 6.07) is 16.0. The molecule has 1 fully saturated rings. The molecule has 0 spiro atoms. The van der Waals surface area contributed by atoms with Crippen LogP contribution in [-0.4, -0.2) is 18.2 Å². The molecule has 0 aliphatic carbocycles. The van der Waals surface area contributed by atoms with Crippen molar-refractivity contribution in [3.63, 3.8) is 0 Å². The zero-order valence-electron chi connectivity index (χ0n) is 10.9.